The monoisotopic (exact) mass is 305 g/mol. The normalized spacial score (nSPS) is 10.4. The smallest absolute Gasteiger partial charge is 0.124 e. The third kappa shape index (κ3) is 4.51. The predicted octanol–water partition coefficient (Wildman–Crippen LogP) is 3.19. The van der Waals surface area contributed by atoms with Gasteiger partial charge in [0.1, 0.15) is 16.6 Å². The average Bonchev–Trinajstić information content (AvgIpc) is 2.47. The molecular weight excluding hydrogens is 289 g/mol. The molecular formula is C16H16FNO2S. The lowest BCUT2D eigenvalue weighted by molar-refractivity contribution is 0.107. The summed E-state index contributed by atoms with van der Waals surface area (Å²) in [5.74, 6) is 0.424. The van der Waals surface area contributed by atoms with Crippen LogP contribution in [0.25, 0.3) is 0 Å². The van der Waals surface area contributed by atoms with Crippen LogP contribution in [0.5, 0.6) is 5.75 Å². The number of rotatable bonds is 6. The summed E-state index contributed by atoms with van der Waals surface area (Å²) in [7, 11) is 1.62. The number of halogens is 1. The molecule has 2 N–H and O–H groups in total. The van der Waals surface area contributed by atoms with Crippen molar-refractivity contribution in [2.75, 3.05) is 7.11 Å². The Hall–Kier alpha value is -1.98. The van der Waals surface area contributed by atoms with Crippen LogP contribution in [0, 0.1) is 5.82 Å². The van der Waals surface area contributed by atoms with Crippen molar-refractivity contribution in [3.05, 3.63) is 65.0 Å². The second-order valence-corrected chi connectivity index (χ2v) is 4.99. The largest absolute Gasteiger partial charge is 0.497 e. The van der Waals surface area contributed by atoms with E-state index in [-0.39, 0.29) is 10.8 Å². The van der Waals surface area contributed by atoms with E-state index in [1.165, 1.54) is 12.1 Å². The fraction of sp³-hybridized carbons (Fsp3) is 0.188. The van der Waals surface area contributed by atoms with E-state index in [1.807, 2.05) is 24.3 Å². The summed E-state index contributed by atoms with van der Waals surface area (Å²) in [4.78, 5) is 0.172. The van der Waals surface area contributed by atoms with Crippen LogP contribution in [-0.2, 0) is 18.0 Å². The van der Waals surface area contributed by atoms with E-state index in [0.717, 1.165) is 11.3 Å². The van der Waals surface area contributed by atoms with Crippen molar-refractivity contribution in [1.29, 1.82) is 0 Å². The van der Waals surface area contributed by atoms with Crippen LogP contribution in [0.2, 0.25) is 0 Å². The zero-order valence-electron chi connectivity index (χ0n) is 11.6. The fourth-order valence-corrected chi connectivity index (χ4v) is 2.00. The maximum Gasteiger partial charge on any atom is 0.124 e. The summed E-state index contributed by atoms with van der Waals surface area (Å²) >= 11 is 4.85. The van der Waals surface area contributed by atoms with Gasteiger partial charge in [0.2, 0.25) is 0 Å². The minimum absolute atomic E-state index is 0.172. The Morgan fingerprint density at radius 1 is 1.10 bits per heavy atom. The van der Waals surface area contributed by atoms with Crippen molar-refractivity contribution in [3.8, 4) is 5.75 Å². The van der Waals surface area contributed by atoms with Crippen LogP contribution in [-0.4, -0.2) is 12.1 Å². The molecule has 0 aliphatic rings. The van der Waals surface area contributed by atoms with Crippen LogP contribution < -0.4 is 10.5 Å². The van der Waals surface area contributed by atoms with Crippen molar-refractivity contribution in [1.82, 2.24) is 0 Å². The highest BCUT2D eigenvalue weighted by Gasteiger charge is 2.04. The maximum atomic E-state index is 13.4. The predicted molar refractivity (Wildman–Crippen MR) is 83.8 cm³/mol. The molecule has 2 aromatic rings. The van der Waals surface area contributed by atoms with Gasteiger partial charge in [-0.3, -0.25) is 0 Å². The van der Waals surface area contributed by atoms with Gasteiger partial charge < -0.3 is 15.2 Å². The van der Waals surface area contributed by atoms with Crippen LogP contribution in [0.3, 0.4) is 0 Å². The van der Waals surface area contributed by atoms with Crippen molar-refractivity contribution in [2.45, 2.75) is 13.2 Å². The summed E-state index contributed by atoms with van der Waals surface area (Å²) in [6.07, 6.45) is 0. The molecule has 110 valence electrons. The van der Waals surface area contributed by atoms with Crippen LogP contribution in [0.4, 0.5) is 4.39 Å². The molecule has 0 amide bonds. The van der Waals surface area contributed by atoms with Crippen molar-refractivity contribution >= 4 is 17.2 Å². The summed E-state index contributed by atoms with van der Waals surface area (Å²) in [6, 6.07) is 12.0. The van der Waals surface area contributed by atoms with E-state index in [2.05, 4.69) is 0 Å². The number of ether oxygens (including phenoxy) is 2. The average molecular weight is 305 g/mol. The van der Waals surface area contributed by atoms with E-state index < -0.39 is 0 Å². The standard InChI is InChI=1S/C16H16FNO2S/c1-19-15-4-2-11(3-5-15)9-20-10-12-6-13(16(18)21)8-14(17)7-12/h2-8H,9-10H2,1H3,(H2,18,21). The lowest BCUT2D eigenvalue weighted by Gasteiger charge is -2.07. The molecule has 2 aromatic carbocycles. The Kier molecular flexibility index (Phi) is 5.25. The maximum absolute atomic E-state index is 13.4. The van der Waals surface area contributed by atoms with E-state index >= 15 is 0 Å². The highest BCUT2D eigenvalue weighted by molar-refractivity contribution is 7.80. The first kappa shape index (κ1) is 15.4. The van der Waals surface area contributed by atoms with E-state index in [1.54, 1.807) is 13.2 Å². The Morgan fingerprint density at radius 3 is 2.38 bits per heavy atom. The zero-order chi connectivity index (χ0) is 15.2. The fourth-order valence-electron chi connectivity index (χ4n) is 1.88. The molecule has 0 saturated carbocycles. The molecule has 3 nitrogen and oxygen atoms in total. The summed E-state index contributed by atoms with van der Waals surface area (Å²) < 4.78 is 24.1. The molecule has 0 fully saturated rings. The van der Waals surface area contributed by atoms with Gasteiger partial charge in [0.25, 0.3) is 0 Å². The summed E-state index contributed by atoms with van der Waals surface area (Å²) in [6.45, 7) is 0.725. The first-order valence-corrected chi connectivity index (χ1v) is 6.79. The molecule has 5 heteroatoms. The van der Waals surface area contributed by atoms with Crippen molar-refractivity contribution < 1.29 is 13.9 Å². The van der Waals surface area contributed by atoms with Gasteiger partial charge >= 0.3 is 0 Å². The van der Waals surface area contributed by atoms with E-state index in [4.69, 9.17) is 27.4 Å². The number of thiocarbonyl (C=S) groups is 1. The topological polar surface area (TPSA) is 44.5 Å². The molecule has 0 aromatic heterocycles. The number of hydrogen-bond donors (Lipinski definition) is 1. The first-order chi connectivity index (χ1) is 10.1. The SMILES string of the molecule is COc1ccc(COCc2cc(F)cc(C(N)=S)c2)cc1. The minimum atomic E-state index is -0.372. The van der Waals surface area contributed by atoms with Gasteiger partial charge in [0.05, 0.1) is 20.3 Å². The quantitative estimate of drug-likeness (QED) is 0.833. The Balaban J connectivity index is 1.95. The molecule has 0 saturated heterocycles. The van der Waals surface area contributed by atoms with Gasteiger partial charge in [-0.15, -0.1) is 0 Å². The first-order valence-electron chi connectivity index (χ1n) is 6.38. The molecule has 21 heavy (non-hydrogen) atoms. The van der Waals surface area contributed by atoms with Gasteiger partial charge in [-0.2, -0.15) is 0 Å². The molecule has 0 aliphatic carbocycles. The third-order valence-corrected chi connectivity index (χ3v) is 3.17. The highest BCUT2D eigenvalue weighted by Crippen LogP contribution is 2.14. The lowest BCUT2D eigenvalue weighted by atomic mass is 10.1. The third-order valence-electron chi connectivity index (χ3n) is 2.94. The second-order valence-electron chi connectivity index (χ2n) is 4.55. The summed E-state index contributed by atoms with van der Waals surface area (Å²) in [5.41, 5.74) is 7.73. The zero-order valence-corrected chi connectivity index (χ0v) is 12.5. The van der Waals surface area contributed by atoms with E-state index in [9.17, 15) is 4.39 Å². The molecule has 0 atom stereocenters. The summed E-state index contributed by atoms with van der Waals surface area (Å²) in [5, 5.41) is 0. The lowest BCUT2D eigenvalue weighted by Crippen LogP contribution is -2.10. The Morgan fingerprint density at radius 2 is 1.76 bits per heavy atom. The molecule has 0 radical (unpaired) electrons. The van der Waals surface area contributed by atoms with Gasteiger partial charge in [0.15, 0.2) is 0 Å². The Bertz CT molecular complexity index is 629. The second kappa shape index (κ2) is 7.15. The van der Waals surface area contributed by atoms with Gasteiger partial charge in [-0.25, -0.2) is 4.39 Å². The molecule has 0 unspecified atom stereocenters. The molecule has 2 rings (SSSR count). The molecule has 0 aliphatic heterocycles. The van der Waals surface area contributed by atoms with Gasteiger partial charge in [-0.1, -0.05) is 24.4 Å². The Labute approximate surface area is 128 Å². The highest BCUT2D eigenvalue weighted by atomic mass is 32.1. The van der Waals surface area contributed by atoms with Crippen LogP contribution in [0.1, 0.15) is 16.7 Å². The van der Waals surface area contributed by atoms with Crippen LogP contribution >= 0.6 is 12.2 Å². The van der Waals surface area contributed by atoms with Crippen molar-refractivity contribution in [2.24, 2.45) is 5.73 Å². The van der Waals surface area contributed by atoms with Gasteiger partial charge in [0, 0.05) is 5.56 Å². The molecule has 0 bridgehead atoms. The van der Waals surface area contributed by atoms with Crippen molar-refractivity contribution in [3.63, 3.8) is 0 Å². The number of methoxy groups -OCH3 is 1. The van der Waals surface area contributed by atoms with Gasteiger partial charge in [-0.05, 0) is 41.5 Å². The number of hydrogen-bond acceptors (Lipinski definition) is 3. The number of benzene rings is 2. The minimum Gasteiger partial charge on any atom is -0.497 e. The van der Waals surface area contributed by atoms with Crippen LogP contribution in [0.15, 0.2) is 42.5 Å². The molecule has 0 heterocycles. The molecule has 0 spiro atoms. The van der Waals surface area contributed by atoms with E-state index in [0.29, 0.717) is 24.3 Å². The number of nitrogens with two attached hydrogens (primary N) is 1.